The highest BCUT2D eigenvalue weighted by molar-refractivity contribution is 8.01. The molecule has 1 heterocycles. The summed E-state index contributed by atoms with van der Waals surface area (Å²) >= 11 is 2.80. The number of aryl methyl sites for hydroxylation is 1. The van der Waals surface area contributed by atoms with Gasteiger partial charge in [-0.1, -0.05) is 23.9 Å². The Morgan fingerprint density at radius 3 is 2.75 bits per heavy atom. The number of carbonyl (C=O) groups excluding carboxylic acids is 1. The molecule has 0 atom stereocenters. The maximum atomic E-state index is 12.3. The van der Waals surface area contributed by atoms with E-state index in [4.69, 9.17) is 0 Å². The highest BCUT2D eigenvalue weighted by atomic mass is 32.2. The molecule has 0 saturated carbocycles. The molecule has 2 aromatic carbocycles. The molecule has 1 amide bonds. The van der Waals surface area contributed by atoms with Crippen LogP contribution >= 0.6 is 23.1 Å². The summed E-state index contributed by atoms with van der Waals surface area (Å²) in [5.41, 5.74) is 4.31. The molecule has 0 aliphatic rings. The fourth-order valence-electron chi connectivity index (χ4n) is 2.48. The van der Waals surface area contributed by atoms with Gasteiger partial charge in [0, 0.05) is 5.69 Å². The van der Waals surface area contributed by atoms with Crippen molar-refractivity contribution in [3.63, 3.8) is 0 Å². The van der Waals surface area contributed by atoms with Crippen LogP contribution in [0.15, 0.2) is 40.7 Å². The molecule has 9 heteroatoms. The van der Waals surface area contributed by atoms with Gasteiger partial charge >= 0.3 is 0 Å². The second kappa shape index (κ2) is 8.50. The van der Waals surface area contributed by atoms with Crippen molar-refractivity contribution in [1.29, 1.82) is 0 Å². The van der Waals surface area contributed by atoms with E-state index in [1.807, 2.05) is 32.0 Å². The summed E-state index contributed by atoms with van der Waals surface area (Å²) < 4.78 is 27.6. The van der Waals surface area contributed by atoms with Crippen LogP contribution in [0, 0.1) is 13.8 Å². The minimum atomic E-state index is -3.32. The monoisotopic (exact) mass is 435 g/mol. The van der Waals surface area contributed by atoms with Crippen molar-refractivity contribution < 1.29 is 13.2 Å². The van der Waals surface area contributed by atoms with Crippen molar-refractivity contribution in [3.05, 3.63) is 47.5 Å². The van der Waals surface area contributed by atoms with E-state index < -0.39 is 10.0 Å². The van der Waals surface area contributed by atoms with E-state index >= 15 is 0 Å². The van der Waals surface area contributed by atoms with E-state index in [2.05, 4.69) is 15.0 Å². The van der Waals surface area contributed by atoms with Crippen molar-refractivity contribution in [2.24, 2.45) is 0 Å². The molecule has 1 aromatic heterocycles. The Morgan fingerprint density at radius 2 is 2.00 bits per heavy atom. The van der Waals surface area contributed by atoms with E-state index in [1.165, 1.54) is 23.1 Å². The molecule has 0 saturated heterocycles. The van der Waals surface area contributed by atoms with Gasteiger partial charge in [-0.05, 0) is 56.2 Å². The lowest BCUT2D eigenvalue weighted by molar-refractivity contribution is -0.113. The Hall–Kier alpha value is -2.10. The van der Waals surface area contributed by atoms with Gasteiger partial charge in [0.25, 0.3) is 0 Å². The van der Waals surface area contributed by atoms with Gasteiger partial charge < -0.3 is 5.32 Å². The molecule has 0 unspecified atom stereocenters. The van der Waals surface area contributed by atoms with Crippen LogP contribution < -0.4 is 10.0 Å². The minimum Gasteiger partial charge on any atom is -0.325 e. The average molecular weight is 436 g/mol. The Bertz CT molecular complexity index is 1120. The van der Waals surface area contributed by atoms with Crippen molar-refractivity contribution in [3.8, 4) is 0 Å². The molecule has 148 valence electrons. The second-order valence-corrected chi connectivity index (χ2v) is 10.5. The van der Waals surface area contributed by atoms with Gasteiger partial charge in [0.05, 0.1) is 27.4 Å². The van der Waals surface area contributed by atoms with Gasteiger partial charge in [-0.25, -0.2) is 13.4 Å². The van der Waals surface area contributed by atoms with Crippen molar-refractivity contribution in [2.75, 3.05) is 21.5 Å². The lowest BCUT2D eigenvalue weighted by Gasteiger charge is -2.09. The smallest absolute Gasteiger partial charge is 0.234 e. The van der Waals surface area contributed by atoms with Gasteiger partial charge in [-0.3, -0.25) is 9.52 Å². The number of thioether (sulfide) groups is 1. The van der Waals surface area contributed by atoms with Crippen LogP contribution in [0.4, 0.5) is 11.4 Å². The third-order valence-electron chi connectivity index (χ3n) is 4.23. The van der Waals surface area contributed by atoms with E-state index in [0.717, 1.165) is 31.4 Å². The number of hydrogen-bond donors (Lipinski definition) is 2. The number of nitrogens with one attached hydrogen (secondary N) is 2. The molecule has 0 aliphatic carbocycles. The lowest BCUT2D eigenvalue weighted by Crippen LogP contribution is -2.15. The molecule has 0 aliphatic heterocycles. The largest absolute Gasteiger partial charge is 0.325 e. The van der Waals surface area contributed by atoms with Crippen molar-refractivity contribution in [2.45, 2.75) is 25.1 Å². The Morgan fingerprint density at radius 1 is 1.21 bits per heavy atom. The normalized spacial score (nSPS) is 11.5. The predicted octanol–water partition coefficient (Wildman–Crippen LogP) is 4.41. The zero-order chi connectivity index (χ0) is 20.3. The molecule has 0 spiro atoms. The van der Waals surface area contributed by atoms with Crippen LogP contribution in [0.5, 0.6) is 0 Å². The number of amides is 1. The average Bonchev–Trinajstić information content (AvgIpc) is 3.06. The molecule has 3 rings (SSSR count). The molecule has 3 aromatic rings. The Balaban J connectivity index is 1.66. The predicted molar refractivity (Wildman–Crippen MR) is 118 cm³/mol. The molecule has 6 nitrogen and oxygen atoms in total. The standard InChI is InChI=1S/C19H21N3O3S3/c1-4-28(24,25)22-14-8-9-16-17(10-14)27-19(21-16)26-11-18(23)20-15-7-5-6-12(2)13(15)3/h5-10,22H,4,11H2,1-3H3,(H,20,23). The van der Waals surface area contributed by atoms with Gasteiger partial charge in [0.15, 0.2) is 4.34 Å². The number of aromatic nitrogens is 1. The van der Waals surface area contributed by atoms with Crippen molar-refractivity contribution in [1.82, 2.24) is 4.98 Å². The third-order valence-corrected chi connectivity index (χ3v) is 7.70. The summed E-state index contributed by atoms with van der Waals surface area (Å²) in [7, 11) is -3.32. The van der Waals surface area contributed by atoms with E-state index in [-0.39, 0.29) is 17.4 Å². The van der Waals surface area contributed by atoms with Gasteiger partial charge in [-0.2, -0.15) is 0 Å². The number of thiazole rings is 1. The maximum absolute atomic E-state index is 12.3. The summed E-state index contributed by atoms with van der Waals surface area (Å²) in [6.45, 7) is 5.58. The number of hydrogen-bond acceptors (Lipinski definition) is 6. The number of nitrogens with zero attached hydrogens (tertiary/aromatic N) is 1. The van der Waals surface area contributed by atoms with Crippen LogP contribution in [-0.4, -0.2) is 30.8 Å². The highest BCUT2D eigenvalue weighted by Gasteiger charge is 2.12. The fraction of sp³-hybridized carbons (Fsp3) is 0.263. The number of sulfonamides is 1. The zero-order valence-corrected chi connectivity index (χ0v) is 18.2. The highest BCUT2D eigenvalue weighted by Crippen LogP contribution is 2.31. The maximum Gasteiger partial charge on any atom is 0.234 e. The van der Waals surface area contributed by atoms with Crippen LogP contribution in [-0.2, 0) is 14.8 Å². The first kappa shape index (κ1) is 20.6. The van der Waals surface area contributed by atoms with Gasteiger partial charge in [0.1, 0.15) is 0 Å². The first-order valence-electron chi connectivity index (χ1n) is 8.67. The van der Waals surface area contributed by atoms with Crippen LogP contribution in [0.2, 0.25) is 0 Å². The molecular weight excluding hydrogens is 414 g/mol. The minimum absolute atomic E-state index is 0.0182. The number of benzene rings is 2. The first-order valence-corrected chi connectivity index (χ1v) is 12.1. The summed E-state index contributed by atoms with van der Waals surface area (Å²) in [6.07, 6.45) is 0. The SMILES string of the molecule is CCS(=O)(=O)Nc1ccc2nc(SCC(=O)Nc3cccc(C)c3C)sc2c1. The quantitative estimate of drug-likeness (QED) is 0.537. The Labute approximate surface area is 172 Å². The van der Waals surface area contributed by atoms with E-state index in [0.29, 0.717) is 5.69 Å². The molecule has 28 heavy (non-hydrogen) atoms. The summed E-state index contributed by atoms with van der Waals surface area (Å²) in [4.78, 5) is 16.8. The number of carbonyl (C=O) groups is 1. The molecule has 0 radical (unpaired) electrons. The summed E-state index contributed by atoms with van der Waals surface area (Å²) in [5, 5.41) is 2.94. The van der Waals surface area contributed by atoms with Crippen LogP contribution in [0.25, 0.3) is 10.2 Å². The topological polar surface area (TPSA) is 88.2 Å². The Kier molecular flexibility index (Phi) is 6.26. The first-order chi connectivity index (χ1) is 13.3. The lowest BCUT2D eigenvalue weighted by atomic mass is 10.1. The second-order valence-electron chi connectivity index (χ2n) is 6.25. The van der Waals surface area contributed by atoms with Crippen LogP contribution in [0.3, 0.4) is 0 Å². The molecule has 0 fully saturated rings. The molecule has 2 N–H and O–H groups in total. The van der Waals surface area contributed by atoms with Gasteiger partial charge in [-0.15, -0.1) is 11.3 Å². The third kappa shape index (κ3) is 5.03. The van der Waals surface area contributed by atoms with Crippen molar-refractivity contribution >= 4 is 60.6 Å². The number of fused-ring (bicyclic) bond motifs is 1. The number of anilines is 2. The molecule has 0 bridgehead atoms. The van der Waals surface area contributed by atoms with E-state index in [9.17, 15) is 13.2 Å². The summed E-state index contributed by atoms with van der Waals surface area (Å²) in [5.74, 6) is 0.182. The van der Waals surface area contributed by atoms with Gasteiger partial charge in [0.2, 0.25) is 15.9 Å². The van der Waals surface area contributed by atoms with Crippen LogP contribution in [0.1, 0.15) is 18.1 Å². The molecular formula is C19H21N3O3S3. The van der Waals surface area contributed by atoms with E-state index in [1.54, 1.807) is 25.1 Å². The zero-order valence-electron chi connectivity index (χ0n) is 15.8. The number of rotatable bonds is 7. The summed E-state index contributed by atoms with van der Waals surface area (Å²) in [6, 6.07) is 11.1. The fourth-order valence-corrected chi connectivity index (χ4v) is 5.02.